The molecule has 13 heavy (non-hydrogen) atoms. The lowest BCUT2D eigenvalue weighted by atomic mass is 9.99. The zero-order valence-corrected chi connectivity index (χ0v) is 7.59. The lowest BCUT2D eigenvalue weighted by Gasteiger charge is -2.07. The van der Waals surface area contributed by atoms with Gasteiger partial charge in [-0.1, -0.05) is 12.1 Å². The largest absolute Gasteiger partial charge is 0.316 e. The summed E-state index contributed by atoms with van der Waals surface area (Å²) in [5.74, 6) is 0.574. The van der Waals surface area contributed by atoms with Crippen molar-refractivity contribution in [2.45, 2.75) is 12.8 Å². The summed E-state index contributed by atoms with van der Waals surface area (Å²) >= 11 is 0. The Hall–Kier alpha value is -0.890. The summed E-state index contributed by atoms with van der Waals surface area (Å²) in [6.45, 7) is 2.19. The maximum Gasteiger partial charge on any atom is 0.123 e. The molecule has 1 aliphatic rings. The number of halogens is 1. The van der Waals surface area contributed by atoms with E-state index in [1.165, 1.54) is 12.5 Å². The standard InChI is InChI=1S/C11H14FN/c12-11-3-1-2-9(7-11)6-10-4-5-13-8-10/h1-3,7,10,13H,4-6,8H2/t10-/m1/s1. The van der Waals surface area contributed by atoms with E-state index in [0.29, 0.717) is 5.92 Å². The van der Waals surface area contributed by atoms with E-state index in [-0.39, 0.29) is 5.82 Å². The molecule has 1 N–H and O–H groups in total. The monoisotopic (exact) mass is 179 g/mol. The third-order valence-electron chi connectivity index (χ3n) is 2.58. The Morgan fingerprint density at radius 3 is 3.08 bits per heavy atom. The van der Waals surface area contributed by atoms with Crippen molar-refractivity contribution in [3.8, 4) is 0 Å². The lowest BCUT2D eigenvalue weighted by Crippen LogP contribution is -2.10. The van der Waals surface area contributed by atoms with Crippen molar-refractivity contribution in [2.24, 2.45) is 5.92 Å². The van der Waals surface area contributed by atoms with Crippen LogP contribution in [0.1, 0.15) is 12.0 Å². The Balaban J connectivity index is 2.00. The van der Waals surface area contributed by atoms with E-state index in [1.54, 1.807) is 12.1 Å². The molecule has 1 atom stereocenters. The minimum Gasteiger partial charge on any atom is -0.316 e. The molecule has 1 nitrogen and oxygen atoms in total. The first-order valence-corrected chi connectivity index (χ1v) is 4.80. The maximum atomic E-state index is 12.8. The van der Waals surface area contributed by atoms with Gasteiger partial charge in [0.25, 0.3) is 0 Å². The predicted octanol–water partition coefficient (Wildman–Crippen LogP) is 1.98. The average molecular weight is 179 g/mol. The SMILES string of the molecule is Fc1cccc(C[C@H]2CCNC2)c1. The topological polar surface area (TPSA) is 12.0 Å². The molecule has 0 radical (unpaired) electrons. The fourth-order valence-electron chi connectivity index (χ4n) is 1.89. The highest BCUT2D eigenvalue weighted by molar-refractivity contribution is 5.17. The van der Waals surface area contributed by atoms with Crippen LogP contribution in [0.5, 0.6) is 0 Å². The Bertz CT molecular complexity index is 279. The van der Waals surface area contributed by atoms with Crippen molar-refractivity contribution >= 4 is 0 Å². The third kappa shape index (κ3) is 2.28. The summed E-state index contributed by atoms with van der Waals surface area (Å²) in [7, 11) is 0. The van der Waals surface area contributed by atoms with E-state index in [2.05, 4.69) is 5.32 Å². The van der Waals surface area contributed by atoms with E-state index in [9.17, 15) is 4.39 Å². The molecule has 1 fully saturated rings. The van der Waals surface area contributed by atoms with Gasteiger partial charge in [-0.2, -0.15) is 0 Å². The molecular weight excluding hydrogens is 165 g/mol. The summed E-state index contributed by atoms with van der Waals surface area (Å²) in [5, 5.41) is 3.31. The molecule has 2 heteroatoms. The van der Waals surface area contributed by atoms with Crippen LogP contribution in [0.25, 0.3) is 0 Å². The van der Waals surface area contributed by atoms with Crippen LogP contribution >= 0.6 is 0 Å². The minimum atomic E-state index is -0.122. The first-order valence-electron chi connectivity index (χ1n) is 4.80. The summed E-state index contributed by atoms with van der Waals surface area (Å²) in [6, 6.07) is 6.92. The lowest BCUT2D eigenvalue weighted by molar-refractivity contribution is 0.573. The Morgan fingerprint density at radius 2 is 2.38 bits per heavy atom. The smallest absolute Gasteiger partial charge is 0.123 e. The molecule has 1 aromatic carbocycles. The fourth-order valence-corrected chi connectivity index (χ4v) is 1.89. The van der Waals surface area contributed by atoms with Gasteiger partial charge in [0.1, 0.15) is 5.82 Å². The first-order chi connectivity index (χ1) is 6.34. The number of nitrogens with one attached hydrogen (secondary N) is 1. The quantitative estimate of drug-likeness (QED) is 0.732. The number of hydrogen-bond acceptors (Lipinski definition) is 1. The Labute approximate surface area is 78.0 Å². The normalized spacial score (nSPS) is 22.1. The number of hydrogen-bond donors (Lipinski definition) is 1. The molecule has 0 spiro atoms. The van der Waals surface area contributed by atoms with Crippen molar-refractivity contribution in [3.63, 3.8) is 0 Å². The first kappa shape index (κ1) is 8.70. The number of benzene rings is 1. The summed E-state index contributed by atoms with van der Waals surface area (Å²) in [6.07, 6.45) is 2.22. The van der Waals surface area contributed by atoms with Crippen LogP contribution in [0, 0.1) is 11.7 Å². The summed E-state index contributed by atoms with van der Waals surface area (Å²) in [5.41, 5.74) is 1.12. The van der Waals surface area contributed by atoms with Gasteiger partial charge < -0.3 is 5.32 Å². The van der Waals surface area contributed by atoms with Gasteiger partial charge in [0, 0.05) is 0 Å². The van der Waals surface area contributed by atoms with E-state index in [0.717, 1.165) is 25.1 Å². The third-order valence-corrected chi connectivity index (χ3v) is 2.58. The van der Waals surface area contributed by atoms with Crippen molar-refractivity contribution in [2.75, 3.05) is 13.1 Å². The van der Waals surface area contributed by atoms with Gasteiger partial charge in [0.2, 0.25) is 0 Å². The molecule has 0 amide bonds. The van der Waals surface area contributed by atoms with E-state index in [4.69, 9.17) is 0 Å². The van der Waals surface area contributed by atoms with Gasteiger partial charge in [-0.15, -0.1) is 0 Å². The van der Waals surface area contributed by atoms with Gasteiger partial charge in [-0.3, -0.25) is 0 Å². The van der Waals surface area contributed by atoms with Crippen LogP contribution in [-0.4, -0.2) is 13.1 Å². The molecule has 0 saturated carbocycles. The van der Waals surface area contributed by atoms with Gasteiger partial charge in [-0.25, -0.2) is 4.39 Å². The molecule has 0 aliphatic carbocycles. The molecule has 1 aliphatic heterocycles. The van der Waals surface area contributed by atoms with Crippen LogP contribution in [0.2, 0.25) is 0 Å². The van der Waals surface area contributed by atoms with Crippen LogP contribution < -0.4 is 5.32 Å². The average Bonchev–Trinajstić information content (AvgIpc) is 2.57. The highest BCUT2D eigenvalue weighted by Gasteiger charge is 2.14. The number of rotatable bonds is 2. The van der Waals surface area contributed by atoms with Crippen LogP contribution in [0.15, 0.2) is 24.3 Å². The molecule has 0 unspecified atom stereocenters. The van der Waals surface area contributed by atoms with Crippen molar-refractivity contribution in [3.05, 3.63) is 35.6 Å². The predicted molar refractivity (Wildman–Crippen MR) is 51.1 cm³/mol. The van der Waals surface area contributed by atoms with Crippen molar-refractivity contribution in [1.82, 2.24) is 5.32 Å². The molecule has 2 rings (SSSR count). The maximum absolute atomic E-state index is 12.8. The molecular formula is C11H14FN. The van der Waals surface area contributed by atoms with Gasteiger partial charge in [-0.05, 0) is 49.5 Å². The molecule has 1 aromatic rings. The summed E-state index contributed by atoms with van der Waals surface area (Å²) in [4.78, 5) is 0. The van der Waals surface area contributed by atoms with Gasteiger partial charge >= 0.3 is 0 Å². The van der Waals surface area contributed by atoms with Crippen LogP contribution in [0.4, 0.5) is 4.39 Å². The second-order valence-electron chi connectivity index (χ2n) is 3.69. The second kappa shape index (κ2) is 3.88. The van der Waals surface area contributed by atoms with E-state index >= 15 is 0 Å². The highest BCUT2D eigenvalue weighted by atomic mass is 19.1. The Morgan fingerprint density at radius 1 is 1.46 bits per heavy atom. The van der Waals surface area contributed by atoms with Crippen LogP contribution in [0.3, 0.4) is 0 Å². The molecule has 1 heterocycles. The molecule has 0 aromatic heterocycles. The van der Waals surface area contributed by atoms with E-state index < -0.39 is 0 Å². The highest BCUT2D eigenvalue weighted by Crippen LogP contribution is 2.15. The van der Waals surface area contributed by atoms with E-state index in [1.807, 2.05) is 6.07 Å². The zero-order valence-electron chi connectivity index (χ0n) is 7.59. The van der Waals surface area contributed by atoms with Gasteiger partial charge in [0.05, 0.1) is 0 Å². The second-order valence-corrected chi connectivity index (χ2v) is 3.69. The molecule has 1 saturated heterocycles. The zero-order chi connectivity index (χ0) is 9.10. The Kier molecular flexibility index (Phi) is 2.60. The fraction of sp³-hybridized carbons (Fsp3) is 0.455. The molecule has 70 valence electrons. The van der Waals surface area contributed by atoms with Crippen molar-refractivity contribution < 1.29 is 4.39 Å². The summed E-state index contributed by atoms with van der Waals surface area (Å²) < 4.78 is 12.8. The van der Waals surface area contributed by atoms with Crippen LogP contribution in [-0.2, 0) is 6.42 Å². The minimum absolute atomic E-state index is 0.122. The van der Waals surface area contributed by atoms with Gasteiger partial charge in [0.15, 0.2) is 0 Å². The van der Waals surface area contributed by atoms with Crippen molar-refractivity contribution in [1.29, 1.82) is 0 Å². The molecule has 0 bridgehead atoms.